The van der Waals surface area contributed by atoms with E-state index in [1.807, 2.05) is 32.0 Å². The van der Waals surface area contributed by atoms with Gasteiger partial charge < -0.3 is 20.9 Å². The maximum absolute atomic E-state index is 12.9. The molecule has 1 aromatic heterocycles. The molecule has 0 unspecified atom stereocenters. The lowest BCUT2D eigenvalue weighted by Crippen LogP contribution is -2.29. The lowest BCUT2D eigenvalue weighted by molar-refractivity contribution is -0.151. The number of aliphatic hydroxyl groups is 1. The zero-order valence-electron chi connectivity index (χ0n) is 21.7. The molecule has 1 amide bonds. The number of aryl methyl sites for hydroxylation is 1. The number of thioether (sulfide) groups is 1. The van der Waals surface area contributed by atoms with Crippen molar-refractivity contribution in [2.45, 2.75) is 47.1 Å². The highest BCUT2D eigenvalue weighted by atomic mass is 32.2. The number of rotatable bonds is 11. The summed E-state index contributed by atoms with van der Waals surface area (Å²) in [7, 11) is 0. The molecule has 3 aromatic rings. The number of amides is 1. The highest BCUT2D eigenvalue weighted by Gasteiger charge is 2.30. The maximum Gasteiger partial charge on any atom is 0.312 e. The molecule has 8 nitrogen and oxygen atoms in total. The minimum atomic E-state index is -0.730. The van der Waals surface area contributed by atoms with Gasteiger partial charge >= 0.3 is 5.97 Å². The second kappa shape index (κ2) is 12.7. The molecular formula is C28H34N4O4S. The number of benzene rings is 2. The van der Waals surface area contributed by atoms with E-state index < -0.39 is 5.41 Å². The molecule has 0 aliphatic rings. The minimum absolute atomic E-state index is 0.0404. The van der Waals surface area contributed by atoms with Gasteiger partial charge in [-0.1, -0.05) is 54.2 Å². The Balaban J connectivity index is 1.57. The molecule has 2 aromatic carbocycles. The number of nitrogen functional groups attached to an aromatic ring is 1. The molecule has 0 saturated heterocycles. The number of carbonyl (C=O) groups is 2. The van der Waals surface area contributed by atoms with Gasteiger partial charge in [-0.2, -0.15) is 0 Å². The third kappa shape index (κ3) is 7.77. The van der Waals surface area contributed by atoms with Gasteiger partial charge in [-0.05, 0) is 55.4 Å². The monoisotopic (exact) mass is 522 g/mol. The van der Waals surface area contributed by atoms with E-state index in [0.717, 1.165) is 16.3 Å². The predicted molar refractivity (Wildman–Crippen MR) is 147 cm³/mol. The van der Waals surface area contributed by atoms with Gasteiger partial charge in [0.15, 0.2) is 0 Å². The fourth-order valence-corrected chi connectivity index (χ4v) is 4.69. The zero-order chi connectivity index (χ0) is 27.0. The van der Waals surface area contributed by atoms with E-state index in [1.54, 1.807) is 20.0 Å². The molecule has 0 aliphatic carbocycles. The van der Waals surface area contributed by atoms with Crippen LogP contribution in [0.3, 0.4) is 0 Å². The van der Waals surface area contributed by atoms with Crippen molar-refractivity contribution in [1.82, 2.24) is 15.3 Å². The lowest BCUT2D eigenvalue weighted by atomic mass is 9.85. The normalized spacial score (nSPS) is 12.2. The Labute approximate surface area is 221 Å². The fourth-order valence-electron chi connectivity index (χ4n) is 3.83. The summed E-state index contributed by atoms with van der Waals surface area (Å²) in [5.74, 6) is 0.281. The van der Waals surface area contributed by atoms with Gasteiger partial charge in [0, 0.05) is 36.9 Å². The third-order valence-electron chi connectivity index (χ3n) is 5.99. The van der Waals surface area contributed by atoms with E-state index in [9.17, 15) is 14.7 Å². The Morgan fingerprint density at radius 1 is 1.16 bits per heavy atom. The molecule has 0 fully saturated rings. The van der Waals surface area contributed by atoms with Crippen molar-refractivity contribution in [2.24, 2.45) is 5.41 Å². The average Bonchev–Trinajstić information content (AvgIpc) is 2.86. The van der Waals surface area contributed by atoms with Crippen LogP contribution in [0.5, 0.6) is 0 Å². The molecule has 0 spiro atoms. The smallest absolute Gasteiger partial charge is 0.312 e. The first-order valence-corrected chi connectivity index (χ1v) is 13.0. The van der Waals surface area contributed by atoms with Crippen LogP contribution in [-0.4, -0.2) is 39.5 Å². The van der Waals surface area contributed by atoms with E-state index >= 15 is 0 Å². The van der Waals surface area contributed by atoms with Crippen LogP contribution in [0.4, 0.5) is 5.82 Å². The first-order chi connectivity index (χ1) is 17.6. The number of anilines is 1. The summed E-state index contributed by atoms with van der Waals surface area (Å²) in [4.78, 5) is 34.4. The highest BCUT2D eigenvalue weighted by molar-refractivity contribution is 8.03. The van der Waals surface area contributed by atoms with Crippen LogP contribution in [0.25, 0.3) is 10.8 Å². The van der Waals surface area contributed by atoms with E-state index in [1.165, 1.54) is 11.8 Å². The number of hydrogen-bond donors (Lipinski definition) is 3. The van der Waals surface area contributed by atoms with Gasteiger partial charge in [-0.3, -0.25) is 9.59 Å². The quantitative estimate of drug-likeness (QED) is 0.193. The molecule has 0 atom stereocenters. The summed E-state index contributed by atoms with van der Waals surface area (Å²) in [6, 6.07) is 14.3. The molecule has 1 heterocycles. The molecular weight excluding hydrogens is 488 g/mol. The third-order valence-corrected chi connectivity index (χ3v) is 7.09. The molecule has 0 saturated carbocycles. The molecule has 3 rings (SSSR count). The number of carbonyl (C=O) groups excluding carboxylic acids is 2. The predicted octanol–water partition coefficient (Wildman–Crippen LogP) is 4.30. The molecule has 196 valence electrons. The maximum atomic E-state index is 12.9. The van der Waals surface area contributed by atoms with Crippen molar-refractivity contribution in [3.05, 3.63) is 76.1 Å². The molecule has 37 heavy (non-hydrogen) atoms. The Hall–Kier alpha value is -3.43. The van der Waals surface area contributed by atoms with Crippen LogP contribution in [0.1, 0.15) is 44.1 Å². The number of fused-ring (bicyclic) bond motifs is 1. The first kappa shape index (κ1) is 28.1. The Morgan fingerprint density at radius 2 is 1.89 bits per heavy atom. The van der Waals surface area contributed by atoms with Crippen LogP contribution >= 0.6 is 11.8 Å². The fraction of sp³-hybridized carbons (Fsp3) is 0.357. The molecule has 4 N–H and O–H groups in total. The van der Waals surface area contributed by atoms with Gasteiger partial charge in [-0.15, -0.1) is 0 Å². The molecule has 0 aliphatic heterocycles. The number of nitrogens with two attached hydrogens (primary N) is 1. The summed E-state index contributed by atoms with van der Waals surface area (Å²) in [6.07, 6.45) is 2.39. The van der Waals surface area contributed by atoms with E-state index in [4.69, 9.17) is 10.5 Å². The number of aromatic nitrogens is 2. The van der Waals surface area contributed by atoms with E-state index in [0.29, 0.717) is 34.1 Å². The first-order valence-electron chi connectivity index (χ1n) is 12.0. The topological polar surface area (TPSA) is 127 Å². The van der Waals surface area contributed by atoms with Crippen molar-refractivity contribution >= 4 is 40.2 Å². The number of ether oxygens (including phenoxy) is 1. The summed E-state index contributed by atoms with van der Waals surface area (Å²) >= 11 is 1.23. The number of nitrogens with zero attached hydrogens (tertiary/aromatic N) is 2. The molecule has 0 radical (unpaired) electrons. The van der Waals surface area contributed by atoms with Gasteiger partial charge in [0.05, 0.1) is 5.41 Å². The number of nitrogens with one attached hydrogen (secondary N) is 1. The summed E-state index contributed by atoms with van der Waals surface area (Å²) in [6.45, 7) is 7.18. The number of esters is 1. The second-order valence-electron chi connectivity index (χ2n) is 9.47. The SMILES string of the molecule is C/C(C(=O)NCc1cnc(C)nc1N)=C(\CCO)SCOC(=O)C(C)(C)Cc1ccc2ccccc2c1. The standard InChI is InChI=1S/C28H34N4O4S/c1-18(26(34)31-16-23-15-30-19(2)32-25(23)29)24(11-12-33)37-17-36-27(35)28(3,4)14-20-9-10-21-7-5-6-8-22(21)13-20/h5-10,13,15,33H,11-12,14,16-17H2,1-4H3,(H,31,34)(H2,29,30,32)/b24-18-. The van der Waals surface area contributed by atoms with E-state index in [-0.39, 0.29) is 37.4 Å². The molecule has 9 heteroatoms. The summed E-state index contributed by atoms with van der Waals surface area (Å²) in [5.41, 5.74) is 7.28. The largest absolute Gasteiger partial charge is 0.454 e. The average molecular weight is 523 g/mol. The van der Waals surface area contributed by atoms with Crippen LogP contribution in [0.2, 0.25) is 0 Å². The van der Waals surface area contributed by atoms with Crippen LogP contribution in [0, 0.1) is 12.3 Å². The minimum Gasteiger partial charge on any atom is -0.454 e. The van der Waals surface area contributed by atoms with Crippen molar-refractivity contribution < 1.29 is 19.4 Å². The Bertz CT molecular complexity index is 1310. The zero-order valence-corrected chi connectivity index (χ0v) is 22.5. The molecule has 0 bridgehead atoms. The summed E-state index contributed by atoms with van der Waals surface area (Å²) < 4.78 is 5.57. The van der Waals surface area contributed by atoms with Crippen molar-refractivity contribution in [3.8, 4) is 0 Å². The van der Waals surface area contributed by atoms with Gasteiger partial charge in [0.2, 0.25) is 5.91 Å². The summed E-state index contributed by atoms with van der Waals surface area (Å²) in [5, 5.41) is 14.6. The Morgan fingerprint density at radius 3 is 2.59 bits per heavy atom. The lowest BCUT2D eigenvalue weighted by Gasteiger charge is -2.23. The van der Waals surface area contributed by atoms with Crippen molar-refractivity contribution in [3.63, 3.8) is 0 Å². The van der Waals surface area contributed by atoms with E-state index in [2.05, 4.69) is 39.6 Å². The van der Waals surface area contributed by atoms with Crippen LogP contribution < -0.4 is 11.1 Å². The van der Waals surface area contributed by atoms with Gasteiger partial charge in [-0.25, -0.2) is 9.97 Å². The van der Waals surface area contributed by atoms with Crippen molar-refractivity contribution in [2.75, 3.05) is 18.3 Å². The van der Waals surface area contributed by atoms with Gasteiger partial charge in [0.1, 0.15) is 17.6 Å². The van der Waals surface area contributed by atoms with Crippen LogP contribution in [0.15, 0.2) is 59.1 Å². The number of aliphatic hydroxyl groups excluding tert-OH is 1. The Kier molecular flexibility index (Phi) is 9.66. The highest BCUT2D eigenvalue weighted by Crippen LogP contribution is 2.28. The van der Waals surface area contributed by atoms with Crippen LogP contribution in [-0.2, 0) is 27.3 Å². The number of hydrogen-bond acceptors (Lipinski definition) is 8. The second-order valence-corrected chi connectivity index (χ2v) is 10.5. The van der Waals surface area contributed by atoms with Crippen molar-refractivity contribution in [1.29, 1.82) is 0 Å². The van der Waals surface area contributed by atoms with Gasteiger partial charge in [0.25, 0.3) is 0 Å².